The number of hydrogen-bond acceptors (Lipinski definition) is 5. The summed E-state index contributed by atoms with van der Waals surface area (Å²) in [4.78, 5) is 2.83. The van der Waals surface area contributed by atoms with Crippen molar-refractivity contribution in [3.63, 3.8) is 0 Å². The van der Waals surface area contributed by atoms with Gasteiger partial charge in [-0.2, -0.15) is 5.21 Å². The fourth-order valence-electron chi connectivity index (χ4n) is 0.976. The zero-order chi connectivity index (χ0) is 10.7. The van der Waals surface area contributed by atoms with Crippen LogP contribution in [0.3, 0.4) is 0 Å². The van der Waals surface area contributed by atoms with Gasteiger partial charge in [-0.3, -0.25) is 0 Å². The highest BCUT2D eigenvalue weighted by atomic mass is 32.2. The quantitative estimate of drug-likeness (QED) is 0.621. The van der Waals surface area contributed by atoms with Crippen LogP contribution in [0, 0.1) is 0 Å². The molecule has 0 aliphatic rings. The first-order valence-corrected chi connectivity index (χ1v) is 5.51. The third kappa shape index (κ3) is 2.19. The Morgan fingerprint density at radius 2 is 2.33 bits per heavy atom. The standard InChI is InChI=1S/C6H8N6O2S/c13-15(14,5-1-2-7-3-5)8-4-6-9-11-12-10-6/h1-3,7-8H,4H2,(H,9,10,11,12). The lowest BCUT2D eigenvalue weighted by atomic mass is 10.6. The molecule has 0 unspecified atom stereocenters. The molecular weight excluding hydrogens is 220 g/mol. The number of tetrazole rings is 1. The summed E-state index contributed by atoms with van der Waals surface area (Å²) in [5, 5.41) is 12.8. The van der Waals surface area contributed by atoms with Crippen molar-refractivity contribution in [3.05, 3.63) is 24.3 Å². The van der Waals surface area contributed by atoms with E-state index >= 15 is 0 Å². The van der Waals surface area contributed by atoms with E-state index < -0.39 is 10.0 Å². The largest absolute Gasteiger partial charge is 0.366 e. The van der Waals surface area contributed by atoms with Crippen LogP contribution in [0.15, 0.2) is 23.4 Å². The molecular formula is C6H8N6O2S. The SMILES string of the molecule is O=S(=O)(NCc1nn[nH]n1)c1cc[nH]c1. The molecule has 8 nitrogen and oxygen atoms in total. The van der Waals surface area contributed by atoms with Gasteiger partial charge >= 0.3 is 0 Å². The molecule has 0 atom stereocenters. The number of aromatic nitrogens is 5. The van der Waals surface area contributed by atoms with E-state index in [1.165, 1.54) is 18.5 Å². The van der Waals surface area contributed by atoms with Crippen LogP contribution in [0.4, 0.5) is 0 Å². The second-order valence-electron chi connectivity index (χ2n) is 2.70. The first-order chi connectivity index (χ1) is 7.18. The van der Waals surface area contributed by atoms with Crippen LogP contribution < -0.4 is 4.72 Å². The maximum Gasteiger partial charge on any atom is 0.242 e. The number of nitrogens with one attached hydrogen (secondary N) is 3. The fourth-order valence-corrected chi connectivity index (χ4v) is 1.93. The molecule has 0 aliphatic heterocycles. The number of sulfonamides is 1. The molecule has 2 aromatic rings. The molecule has 80 valence electrons. The maximum absolute atomic E-state index is 11.6. The summed E-state index contributed by atoms with van der Waals surface area (Å²) in [7, 11) is -3.50. The summed E-state index contributed by atoms with van der Waals surface area (Å²) in [6.07, 6.45) is 2.92. The molecule has 3 N–H and O–H groups in total. The minimum Gasteiger partial charge on any atom is -0.366 e. The van der Waals surface area contributed by atoms with Gasteiger partial charge in [0.2, 0.25) is 10.0 Å². The Balaban J connectivity index is 2.06. The Labute approximate surface area is 85.1 Å². The monoisotopic (exact) mass is 228 g/mol. The third-order valence-electron chi connectivity index (χ3n) is 1.69. The summed E-state index contributed by atoms with van der Waals surface area (Å²) >= 11 is 0. The maximum atomic E-state index is 11.6. The number of hydrogen-bond donors (Lipinski definition) is 3. The van der Waals surface area contributed by atoms with Crippen molar-refractivity contribution in [2.45, 2.75) is 11.4 Å². The van der Waals surface area contributed by atoms with E-state index in [0.717, 1.165) is 0 Å². The molecule has 0 aliphatic carbocycles. The smallest absolute Gasteiger partial charge is 0.242 e. The number of rotatable bonds is 4. The minimum absolute atomic E-state index is 0.00398. The highest BCUT2D eigenvalue weighted by molar-refractivity contribution is 7.89. The second kappa shape index (κ2) is 3.79. The van der Waals surface area contributed by atoms with Gasteiger partial charge in [-0.05, 0) is 6.07 Å². The van der Waals surface area contributed by atoms with Gasteiger partial charge in [0, 0.05) is 12.4 Å². The average molecular weight is 228 g/mol. The number of nitrogens with zero attached hydrogens (tertiary/aromatic N) is 3. The molecule has 0 aromatic carbocycles. The van der Waals surface area contributed by atoms with Crippen molar-refractivity contribution in [2.24, 2.45) is 0 Å². The number of aromatic amines is 2. The van der Waals surface area contributed by atoms with E-state index in [2.05, 4.69) is 30.3 Å². The van der Waals surface area contributed by atoms with E-state index in [1.807, 2.05) is 0 Å². The van der Waals surface area contributed by atoms with Crippen molar-refractivity contribution in [1.29, 1.82) is 0 Å². The van der Waals surface area contributed by atoms with Gasteiger partial charge in [0.1, 0.15) is 0 Å². The minimum atomic E-state index is -3.50. The highest BCUT2D eigenvalue weighted by Crippen LogP contribution is 2.05. The van der Waals surface area contributed by atoms with Crippen molar-refractivity contribution in [3.8, 4) is 0 Å². The lowest BCUT2D eigenvalue weighted by Gasteiger charge is -2.00. The predicted molar refractivity (Wildman–Crippen MR) is 49.0 cm³/mol. The van der Waals surface area contributed by atoms with Crippen molar-refractivity contribution in [1.82, 2.24) is 30.3 Å². The van der Waals surface area contributed by atoms with Crippen LogP contribution in [0.2, 0.25) is 0 Å². The predicted octanol–water partition coefficient (Wildman–Crippen LogP) is -0.994. The molecule has 2 heterocycles. The molecule has 2 rings (SSSR count). The highest BCUT2D eigenvalue weighted by Gasteiger charge is 2.14. The molecule has 0 fully saturated rings. The second-order valence-corrected chi connectivity index (χ2v) is 4.47. The summed E-state index contributed by atoms with van der Waals surface area (Å²) < 4.78 is 25.5. The molecule has 0 spiro atoms. The van der Waals surface area contributed by atoms with Gasteiger partial charge in [0.15, 0.2) is 5.82 Å². The number of H-pyrrole nitrogens is 2. The van der Waals surface area contributed by atoms with E-state index in [-0.39, 0.29) is 17.3 Å². The van der Waals surface area contributed by atoms with Crippen LogP contribution in [-0.4, -0.2) is 34.0 Å². The fraction of sp³-hybridized carbons (Fsp3) is 0.167. The lowest BCUT2D eigenvalue weighted by Crippen LogP contribution is -2.23. The average Bonchev–Trinajstić information content (AvgIpc) is 2.88. The lowest BCUT2D eigenvalue weighted by molar-refractivity contribution is 0.579. The summed E-state index contributed by atoms with van der Waals surface area (Å²) in [6.45, 7) is 0.00398. The van der Waals surface area contributed by atoms with Crippen LogP contribution in [0.1, 0.15) is 5.82 Å². The molecule has 0 saturated heterocycles. The zero-order valence-corrected chi connectivity index (χ0v) is 8.32. The van der Waals surface area contributed by atoms with Crippen molar-refractivity contribution >= 4 is 10.0 Å². The summed E-state index contributed by atoms with van der Waals surface area (Å²) in [5.74, 6) is 0.286. The molecule has 0 bridgehead atoms. The Morgan fingerprint density at radius 3 is 2.93 bits per heavy atom. The summed E-state index contributed by atoms with van der Waals surface area (Å²) in [5.41, 5.74) is 0. The van der Waals surface area contributed by atoms with E-state index in [1.54, 1.807) is 0 Å². The molecule has 0 saturated carbocycles. The van der Waals surface area contributed by atoms with Crippen molar-refractivity contribution < 1.29 is 8.42 Å². The van der Waals surface area contributed by atoms with Gasteiger partial charge in [-0.15, -0.1) is 10.2 Å². The molecule has 9 heteroatoms. The van der Waals surface area contributed by atoms with E-state index in [4.69, 9.17) is 0 Å². The Hall–Kier alpha value is -1.74. The summed E-state index contributed by atoms with van der Waals surface area (Å²) in [6, 6.07) is 1.46. The van der Waals surface area contributed by atoms with E-state index in [9.17, 15) is 8.42 Å². The Morgan fingerprint density at radius 1 is 1.47 bits per heavy atom. The van der Waals surface area contributed by atoms with Crippen LogP contribution >= 0.6 is 0 Å². The molecule has 0 amide bonds. The van der Waals surface area contributed by atoms with Gasteiger partial charge in [0.05, 0.1) is 11.4 Å². The molecule has 0 radical (unpaired) electrons. The first-order valence-electron chi connectivity index (χ1n) is 4.03. The van der Waals surface area contributed by atoms with Crippen LogP contribution in [0.5, 0.6) is 0 Å². The first kappa shape index (κ1) is 9.80. The topological polar surface area (TPSA) is 116 Å². The van der Waals surface area contributed by atoms with E-state index in [0.29, 0.717) is 0 Å². The molecule has 2 aromatic heterocycles. The normalized spacial score (nSPS) is 11.7. The van der Waals surface area contributed by atoms with Crippen LogP contribution in [-0.2, 0) is 16.6 Å². The Bertz CT molecular complexity index is 502. The van der Waals surface area contributed by atoms with Crippen molar-refractivity contribution in [2.75, 3.05) is 0 Å². The Kier molecular flexibility index (Phi) is 2.47. The van der Waals surface area contributed by atoms with Gasteiger partial charge in [-0.25, -0.2) is 13.1 Å². The molecule has 15 heavy (non-hydrogen) atoms. The van der Waals surface area contributed by atoms with Gasteiger partial charge in [0.25, 0.3) is 0 Å². The zero-order valence-electron chi connectivity index (χ0n) is 7.51. The van der Waals surface area contributed by atoms with Gasteiger partial charge < -0.3 is 4.98 Å². The third-order valence-corrected chi connectivity index (χ3v) is 3.09. The van der Waals surface area contributed by atoms with Crippen LogP contribution in [0.25, 0.3) is 0 Å². The van der Waals surface area contributed by atoms with Gasteiger partial charge in [-0.1, -0.05) is 5.21 Å².